The minimum Gasteiger partial charge on any atom is -0.444 e. The molecule has 1 aromatic heterocycles. The lowest BCUT2D eigenvalue weighted by atomic mass is 10.0. The third-order valence-electron chi connectivity index (χ3n) is 4.28. The Morgan fingerprint density at radius 2 is 1.67 bits per heavy atom. The topological polar surface area (TPSA) is 60.2 Å². The predicted octanol–water partition coefficient (Wildman–Crippen LogP) is 4.66. The Hall–Kier alpha value is -1.62. The molecule has 0 spiro atoms. The molecule has 0 amide bonds. The maximum Gasteiger partial charge on any atom is 0.181 e. The molecule has 1 heterocycles. The van der Waals surface area contributed by atoms with E-state index in [1.54, 1.807) is 20.0 Å². The minimum absolute atomic E-state index is 0.252. The van der Waals surface area contributed by atoms with Gasteiger partial charge in [0.15, 0.2) is 22.0 Å². The fourth-order valence-corrected chi connectivity index (χ4v) is 3.67. The van der Waals surface area contributed by atoms with Crippen LogP contribution in [0.1, 0.15) is 51.5 Å². The van der Waals surface area contributed by atoms with Crippen molar-refractivity contribution in [2.75, 3.05) is 5.75 Å². The van der Waals surface area contributed by atoms with Crippen molar-refractivity contribution in [1.29, 1.82) is 0 Å². The van der Waals surface area contributed by atoms with Crippen LogP contribution in [0.5, 0.6) is 0 Å². The first-order valence-electron chi connectivity index (χ1n) is 8.68. The summed E-state index contributed by atoms with van der Waals surface area (Å²) in [5.41, 5.74) is 2.36. The normalized spacial score (nSPS) is 12.0. The first-order chi connectivity index (χ1) is 11.5. The molecule has 0 saturated heterocycles. The number of hydrogen-bond donors (Lipinski definition) is 0. The summed E-state index contributed by atoms with van der Waals surface area (Å²) in [6.45, 7) is 3.51. The molecule has 0 saturated carbocycles. The highest BCUT2D eigenvalue weighted by molar-refractivity contribution is 7.91. The molecule has 2 aromatic rings. The zero-order chi connectivity index (χ0) is 17.4. The van der Waals surface area contributed by atoms with E-state index in [2.05, 4.69) is 29.2 Å². The van der Waals surface area contributed by atoms with Crippen LogP contribution in [-0.2, 0) is 16.3 Å². The molecule has 0 aliphatic rings. The van der Waals surface area contributed by atoms with Gasteiger partial charge in [-0.05, 0) is 38.7 Å². The summed E-state index contributed by atoms with van der Waals surface area (Å²) in [7, 11) is -2.87. The summed E-state index contributed by atoms with van der Waals surface area (Å²) in [6.07, 6.45) is 9.38. The Balaban J connectivity index is 1.61. The fraction of sp³-hybridized carbons (Fsp3) is 0.526. The van der Waals surface area contributed by atoms with E-state index in [-0.39, 0.29) is 5.25 Å². The number of aromatic nitrogens is 1. The molecule has 4 nitrogen and oxygen atoms in total. The zero-order valence-electron chi connectivity index (χ0n) is 14.6. The van der Waals surface area contributed by atoms with Gasteiger partial charge in [0.05, 0.1) is 17.2 Å². The zero-order valence-corrected chi connectivity index (χ0v) is 15.4. The van der Waals surface area contributed by atoms with Crippen LogP contribution >= 0.6 is 0 Å². The van der Waals surface area contributed by atoms with Crippen molar-refractivity contribution >= 4 is 9.84 Å². The Labute approximate surface area is 145 Å². The number of aryl methyl sites for hydroxylation is 1. The lowest BCUT2D eigenvalue weighted by molar-refractivity contribution is 0.572. The number of nitrogens with zero attached hydrogens (tertiary/aromatic N) is 1. The fourth-order valence-electron chi connectivity index (χ4n) is 2.59. The van der Waals surface area contributed by atoms with Crippen LogP contribution < -0.4 is 0 Å². The van der Waals surface area contributed by atoms with Crippen molar-refractivity contribution in [3.8, 4) is 11.3 Å². The highest BCUT2D eigenvalue weighted by Crippen LogP contribution is 2.19. The van der Waals surface area contributed by atoms with Gasteiger partial charge in [0, 0.05) is 5.56 Å². The van der Waals surface area contributed by atoms with Crippen molar-refractivity contribution in [2.45, 2.75) is 57.6 Å². The van der Waals surface area contributed by atoms with Crippen molar-refractivity contribution in [3.05, 3.63) is 42.4 Å². The molecule has 24 heavy (non-hydrogen) atoms. The maximum absolute atomic E-state index is 11.7. The Kier molecular flexibility index (Phi) is 7.03. The first kappa shape index (κ1) is 18.7. The van der Waals surface area contributed by atoms with Crippen LogP contribution in [0, 0.1) is 0 Å². The molecule has 0 aliphatic carbocycles. The number of unbranched alkanes of at least 4 members (excludes halogenated alkanes) is 4. The average molecular weight is 349 g/mol. The molecule has 5 heteroatoms. The van der Waals surface area contributed by atoms with E-state index in [0.717, 1.165) is 49.8 Å². The van der Waals surface area contributed by atoms with E-state index in [4.69, 9.17) is 4.42 Å². The molecule has 0 bridgehead atoms. The van der Waals surface area contributed by atoms with Crippen LogP contribution in [-0.4, -0.2) is 24.4 Å². The van der Waals surface area contributed by atoms with Crippen molar-refractivity contribution < 1.29 is 12.8 Å². The first-order valence-corrected chi connectivity index (χ1v) is 10.4. The van der Waals surface area contributed by atoms with Gasteiger partial charge in [-0.1, -0.05) is 43.5 Å². The second-order valence-electron chi connectivity index (χ2n) is 6.50. The van der Waals surface area contributed by atoms with Gasteiger partial charge in [-0.2, -0.15) is 0 Å². The summed E-state index contributed by atoms with van der Waals surface area (Å²) < 4.78 is 28.7. The number of benzene rings is 1. The van der Waals surface area contributed by atoms with Gasteiger partial charge in [-0.15, -0.1) is 0 Å². The van der Waals surface area contributed by atoms with E-state index in [0.29, 0.717) is 5.75 Å². The van der Waals surface area contributed by atoms with E-state index in [9.17, 15) is 8.42 Å². The Bertz CT molecular complexity index is 689. The molecule has 2 rings (SSSR count). The minimum atomic E-state index is -2.87. The van der Waals surface area contributed by atoms with Crippen molar-refractivity contribution in [1.82, 2.24) is 4.98 Å². The van der Waals surface area contributed by atoms with Gasteiger partial charge >= 0.3 is 0 Å². The molecule has 0 atom stereocenters. The molecule has 0 aliphatic heterocycles. The molecular formula is C19H27NO3S. The quantitative estimate of drug-likeness (QED) is 0.585. The average Bonchev–Trinajstić information content (AvgIpc) is 3.09. The van der Waals surface area contributed by atoms with Gasteiger partial charge < -0.3 is 4.42 Å². The summed E-state index contributed by atoms with van der Waals surface area (Å²) in [5, 5.41) is -0.252. The molecular weight excluding hydrogens is 322 g/mol. The molecule has 0 fully saturated rings. The Morgan fingerprint density at radius 3 is 2.29 bits per heavy atom. The summed E-state index contributed by atoms with van der Waals surface area (Å²) in [5.74, 6) is 1.12. The van der Waals surface area contributed by atoms with E-state index >= 15 is 0 Å². The number of rotatable bonds is 10. The number of hydrogen-bond acceptors (Lipinski definition) is 4. The summed E-state index contributed by atoms with van der Waals surface area (Å²) in [6, 6.07) is 8.39. The van der Waals surface area contributed by atoms with E-state index in [1.165, 1.54) is 12.0 Å². The van der Waals surface area contributed by atoms with Crippen LogP contribution in [0.4, 0.5) is 0 Å². The second kappa shape index (κ2) is 9.02. The highest BCUT2D eigenvalue weighted by Gasteiger charge is 2.14. The number of sulfone groups is 1. The van der Waals surface area contributed by atoms with Gasteiger partial charge in [0.2, 0.25) is 0 Å². The van der Waals surface area contributed by atoms with E-state index < -0.39 is 9.84 Å². The van der Waals surface area contributed by atoms with Crippen molar-refractivity contribution in [2.24, 2.45) is 0 Å². The smallest absolute Gasteiger partial charge is 0.181 e. The van der Waals surface area contributed by atoms with Crippen LogP contribution in [0.2, 0.25) is 0 Å². The largest absolute Gasteiger partial charge is 0.444 e. The maximum atomic E-state index is 11.7. The monoisotopic (exact) mass is 349 g/mol. The Morgan fingerprint density at radius 1 is 1.00 bits per heavy atom. The van der Waals surface area contributed by atoms with Crippen LogP contribution in [0.3, 0.4) is 0 Å². The molecule has 0 N–H and O–H groups in total. The third-order valence-corrected chi connectivity index (χ3v) is 6.58. The van der Waals surface area contributed by atoms with Crippen LogP contribution in [0.25, 0.3) is 11.3 Å². The molecule has 0 radical (unpaired) electrons. The van der Waals surface area contributed by atoms with Gasteiger partial charge in [-0.3, -0.25) is 0 Å². The summed E-state index contributed by atoms with van der Waals surface area (Å²) in [4.78, 5) is 3.93. The highest BCUT2D eigenvalue weighted by atomic mass is 32.2. The van der Waals surface area contributed by atoms with Gasteiger partial charge in [0.1, 0.15) is 0 Å². The predicted molar refractivity (Wildman–Crippen MR) is 97.7 cm³/mol. The lowest BCUT2D eigenvalue weighted by Crippen LogP contribution is -2.17. The van der Waals surface area contributed by atoms with Crippen LogP contribution in [0.15, 0.2) is 41.3 Å². The lowest BCUT2D eigenvalue weighted by Gasteiger charge is -2.07. The summed E-state index contributed by atoms with van der Waals surface area (Å²) >= 11 is 0. The van der Waals surface area contributed by atoms with Gasteiger partial charge in [-0.25, -0.2) is 13.4 Å². The van der Waals surface area contributed by atoms with Gasteiger partial charge in [0.25, 0.3) is 0 Å². The second-order valence-corrected chi connectivity index (χ2v) is 9.17. The third kappa shape index (κ3) is 5.78. The van der Waals surface area contributed by atoms with Crippen molar-refractivity contribution in [3.63, 3.8) is 0 Å². The molecule has 1 aromatic carbocycles. The SMILES string of the molecule is CC(C)S(=O)(=O)CCCCCCCc1ccc(-c2cnco2)cc1. The number of oxazole rings is 1. The molecule has 0 unspecified atom stereocenters. The van der Waals surface area contributed by atoms with E-state index in [1.807, 2.05) is 0 Å². The molecule has 132 valence electrons. The standard InChI is InChI=1S/C19H27NO3S/c1-16(2)24(21,22)13-7-5-3-4-6-8-17-9-11-18(12-10-17)19-14-20-15-23-19/h9-12,14-16H,3-8,13H2,1-2H3.